The summed E-state index contributed by atoms with van der Waals surface area (Å²) in [4.78, 5) is 24.7. The van der Waals surface area contributed by atoms with Crippen LogP contribution in [0.25, 0.3) is 16.6 Å². The number of aromatic nitrogens is 2. The summed E-state index contributed by atoms with van der Waals surface area (Å²) >= 11 is 6.25. The van der Waals surface area contributed by atoms with Crippen molar-refractivity contribution in [3.8, 4) is 11.4 Å². The van der Waals surface area contributed by atoms with Crippen LogP contribution in [0.15, 0.2) is 59.5 Å². The third kappa shape index (κ3) is 3.84. The molecule has 0 aliphatic heterocycles. The number of carbonyl (C=O) groups is 1. The van der Waals surface area contributed by atoms with E-state index in [1.807, 2.05) is 0 Å². The summed E-state index contributed by atoms with van der Waals surface area (Å²) in [7, 11) is 0. The topological polar surface area (TPSA) is 53.2 Å². The number of rotatable bonds is 4. The molecule has 0 atom stereocenters. The molecule has 31 heavy (non-hydrogen) atoms. The fourth-order valence-electron chi connectivity index (χ4n) is 3.45. The summed E-state index contributed by atoms with van der Waals surface area (Å²) in [6, 6.07) is 11.8. The normalized spacial score (nSPS) is 11.1. The maximum absolute atomic E-state index is 13.8. The number of halogens is 3. The molecular weight excluding hydrogens is 426 g/mol. The average molecular weight is 443 g/mol. The number of nitrogens with zero attached hydrogens (tertiary/aromatic N) is 2. The van der Waals surface area contributed by atoms with Gasteiger partial charge in [-0.05, 0) is 43.3 Å². The lowest BCUT2D eigenvalue weighted by Gasteiger charge is -2.15. The molecule has 4 rings (SSSR count). The lowest BCUT2D eigenvalue weighted by Crippen LogP contribution is -2.21. The number of fused-ring (bicyclic) bond motifs is 1. The van der Waals surface area contributed by atoms with E-state index in [4.69, 9.17) is 16.3 Å². The Morgan fingerprint density at radius 2 is 1.87 bits per heavy atom. The van der Waals surface area contributed by atoms with Gasteiger partial charge in [0.1, 0.15) is 29.0 Å². The van der Waals surface area contributed by atoms with Gasteiger partial charge in [0.25, 0.3) is 5.56 Å². The lowest BCUT2D eigenvalue weighted by molar-refractivity contribution is 0.0941. The predicted molar refractivity (Wildman–Crippen MR) is 114 cm³/mol. The summed E-state index contributed by atoms with van der Waals surface area (Å²) in [6.45, 7) is 2.98. The number of benzene rings is 2. The molecule has 0 saturated heterocycles. The van der Waals surface area contributed by atoms with Crippen LogP contribution in [0.5, 0.6) is 5.75 Å². The zero-order valence-corrected chi connectivity index (χ0v) is 17.4. The van der Waals surface area contributed by atoms with E-state index in [9.17, 15) is 18.4 Å². The Morgan fingerprint density at radius 1 is 1.10 bits per heavy atom. The number of carbonyl (C=O) groups excluding carboxylic acids is 1. The summed E-state index contributed by atoms with van der Waals surface area (Å²) in [5.74, 6) is -1.44. The van der Waals surface area contributed by atoms with Crippen molar-refractivity contribution in [1.29, 1.82) is 0 Å². The minimum atomic E-state index is -0.744. The van der Waals surface area contributed by atoms with Crippen molar-refractivity contribution in [1.82, 2.24) is 9.13 Å². The Morgan fingerprint density at radius 3 is 2.58 bits per heavy atom. The smallest absolute Gasteiger partial charge is 0.277 e. The second-order valence-corrected chi connectivity index (χ2v) is 7.45. The Kier molecular flexibility index (Phi) is 5.37. The van der Waals surface area contributed by atoms with Crippen LogP contribution in [0.2, 0.25) is 5.02 Å². The molecule has 0 unspecified atom stereocenters. The summed E-state index contributed by atoms with van der Waals surface area (Å²) in [5, 5.41) is 0.636. The number of hydrogen-bond donors (Lipinski definition) is 0. The second kappa shape index (κ2) is 8.00. The van der Waals surface area contributed by atoms with E-state index in [-0.39, 0.29) is 28.8 Å². The highest BCUT2D eigenvalue weighted by molar-refractivity contribution is 6.31. The minimum absolute atomic E-state index is 0.105. The molecule has 0 radical (unpaired) electrons. The van der Waals surface area contributed by atoms with Crippen molar-refractivity contribution in [2.24, 2.45) is 0 Å². The van der Waals surface area contributed by atoms with Gasteiger partial charge in [-0.1, -0.05) is 11.6 Å². The van der Waals surface area contributed by atoms with Gasteiger partial charge in [-0.25, -0.2) is 8.78 Å². The molecule has 5 nitrogen and oxygen atoms in total. The molecule has 0 spiro atoms. The third-order valence-electron chi connectivity index (χ3n) is 4.97. The van der Waals surface area contributed by atoms with E-state index in [0.29, 0.717) is 11.4 Å². The fraction of sp³-hybridized carbons (Fsp3) is 0.130. The van der Waals surface area contributed by atoms with Crippen LogP contribution in [0.3, 0.4) is 0 Å². The third-order valence-corrected chi connectivity index (χ3v) is 5.32. The molecule has 0 N–H and O–H groups in total. The molecular formula is C23H17ClF2N2O3. The van der Waals surface area contributed by atoms with Gasteiger partial charge in [0, 0.05) is 47.6 Å². The van der Waals surface area contributed by atoms with Gasteiger partial charge in [-0.2, -0.15) is 0 Å². The quantitative estimate of drug-likeness (QED) is 0.432. The van der Waals surface area contributed by atoms with Gasteiger partial charge in [-0.3, -0.25) is 18.7 Å². The first-order chi connectivity index (χ1) is 14.8. The van der Waals surface area contributed by atoms with E-state index in [1.54, 1.807) is 43.5 Å². The molecule has 0 aliphatic carbocycles. The monoisotopic (exact) mass is 442 g/mol. The molecule has 2 aromatic carbocycles. The van der Waals surface area contributed by atoms with Gasteiger partial charge < -0.3 is 4.74 Å². The molecule has 0 fully saturated rings. The van der Waals surface area contributed by atoms with Crippen molar-refractivity contribution in [2.75, 3.05) is 0 Å². The van der Waals surface area contributed by atoms with Crippen molar-refractivity contribution >= 4 is 28.4 Å². The van der Waals surface area contributed by atoms with Crippen LogP contribution < -0.4 is 10.3 Å². The van der Waals surface area contributed by atoms with Gasteiger partial charge in [0.05, 0.1) is 5.52 Å². The van der Waals surface area contributed by atoms with Crippen molar-refractivity contribution in [2.45, 2.75) is 20.5 Å². The van der Waals surface area contributed by atoms with Crippen LogP contribution in [-0.2, 0) is 6.61 Å². The Labute approximate surface area is 181 Å². The van der Waals surface area contributed by atoms with Crippen LogP contribution >= 0.6 is 11.6 Å². The Bertz CT molecular complexity index is 1390. The van der Waals surface area contributed by atoms with E-state index in [0.717, 1.165) is 23.0 Å². The summed E-state index contributed by atoms with van der Waals surface area (Å²) < 4.78 is 35.4. The maximum atomic E-state index is 13.8. The largest absolute Gasteiger partial charge is 0.487 e. The number of hydrogen-bond acceptors (Lipinski definition) is 3. The Hall–Kier alpha value is -3.45. The van der Waals surface area contributed by atoms with Crippen molar-refractivity contribution in [3.63, 3.8) is 0 Å². The highest BCUT2D eigenvalue weighted by Gasteiger charge is 2.16. The zero-order valence-electron chi connectivity index (χ0n) is 16.7. The summed E-state index contributed by atoms with van der Waals surface area (Å²) in [5.41, 5.74) is 1.50. The number of ether oxygens (including phenoxy) is 1. The van der Waals surface area contributed by atoms with Crippen LogP contribution in [-0.4, -0.2) is 15.0 Å². The molecule has 2 heterocycles. The molecule has 2 aromatic heterocycles. The highest BCUT2D eigenvalue weighted by atomic mass is 35.5. The van der Waals surface area contributed by atoms with E-state index in [1.165, 1.54) is 22.1 Å². The van der Waals surface area contributed by atoms with E-state index >= 15 is 0 Å². The molecule has 8 heteroatoms. The molecule has 0 amide bonds. The van der Waals surface area contributed by atoms with Gasteiger partial charge in [0.15, 0.2) is 0 Å². The zero-order chi connectivity index (χ0) is 22.3. The number of aryl methyl sites for hydroxylation is 1. The first-order valence-electron chi connectivity index (χ1n) is 9.37. The van der Waals surface area contributed by atoms with Gasteiger partial charge in [0.2, 0.25) is 5.91 Å². The first kappa shape index (κ1) is 20.8. The fourth-order valence-corrected chi connectivity index (χ4v) is 3.64. The Balaban J connectivity index is 1.69. The first-order valence-corrected chi connectivity index (χ1v) is 9.75. The molecule has 0 aliphatic rings. The second-order valence-electron chi connectivity index (χ2n) is 7.08. The number of pyridine rings is 1. The van der Waals surface area contributed by atoms with Gasteiger partial charge in [-0.15, -0.1) is 0 Å². The predicted octanol–water partition coefficient (Wildman–Crippen LogP) is 5.27. The lowest BCUT2D eigenvalue weighted by atomic mass is 10.2. The van der Waals surface area contributed by atoms with Crippen molar-refractivity contribution in [3.05, 3.63) is 93.0 Å². The maximum Gasteiger partial charge on any atom is 0.277 e. The molecule has 4 aromatic rings. The average Bonchev–Trinajstić information content (AvgIpc) is 3.14. The minimum Gasteiger partial charge on any atom is -0.487 e. The molecule has 0 saturated carbocycles. The van der Waals surface area contributed by atoms with Gasteiger partial charge >= 0.3 is 0 Å². The summed E-state index contributed by atoms with van der Waals surface area (Å²) in [6.07, 6.45) is 1.67. The SMILES string of the molecule is CC(=O)n1ccc2cc(-n3c(C)cc(OCc4ccc(F)cc4F)c(Cl)c3=O)ccc21. The molecule has 158 valence electrons. The molecule has 0 bridgehead atoms. The van der Waals surface area contributed by atoms with E-state index < -0.39 is 17.2 Å². The van der Waals surface area contributed by atoms with E-state index in [2.05, 4.69) is 0 Å². The highest BCUT2D eigenvalue weighted by Crippen LogP contribution is 2.26. The standard InChI is InChI=1S/C23H17ClF2N2O3/c1-13-9-21(31-12-16-3-4-17(25)11-19(16)26)22(24)23(30)28(13)18-5-6-20-15(10-18)7-8-27(20)14(2)29/h3-11H,12H2,1-2H3. The van der Waals surface area contributed by atoms with Crippen LogP contribution in [0.1, 0.15) is 23.0 Å². The van der Waals surface area contributed by atoms with Crippen LogP contribution in [0.4, 0.5) is 8.78 Å². The van der Waals surface area contributed by atoms with Crippen molar-refractivity contribution < 1.29 is 18.3 Å². The van der Waals surface area contributed by atoms with Crippen LogP contribution in [0, 0.1) is 18.6 Å².